The molecular weight excluding hydrogens is 505 g/mol. The highest BCUT2D eigenvalue weighted by Crippen LogP contribution is 2.52. The number of hydrogen-bond acceptors (Lipinski definition) is 3. The molecule has 1 saturated carbocycles. The lowest BCUT2D eigenvalue weighted by atomic mass is 9.85. The number of allylic oxidation sites excluding steroid dienone is 2. The number of halogens is 3. The molecule has 0 spiro atoms. The molecule has 4 atom stereocenters. The van der Waals surface area contributed by atoms with E-state index in [0.29, 0.717) is 37.6 Å². The Kier molecular flexibility index (Phi) is 7.10. The van der Waals surface area contributed by atoms with Crippen molar-refractivity contribution in [2.24, 2.45) is 28.7 Å². The Balaban J connectivity index is 0.00000256. The summed E-state index contributed by atoms with van der Waals surface area (Å²) >= 11 is 0. The molecule has 2 fully saturated rings. The molecule has 3 aliphatic rings. The van der Waals surface area contributed by atoms with Gasteiger partial charge < -0.3 is 10.6 Å². The van der Waals surface area contributed by atoms with E-state index in [1.807, 2.05) is 0 Å². The van der Waals surface area contributed by atoms with Gasteiger partial charge in [-0.1, -0.05) is 12.2 Å². The van der Waals surface area contributed by atoms with Gasteiger partial charge in [-0.3, -0.25) is 19.5 Å². The van der Waals surface area contributed by atoms with Crippen molar-refractivity contribution >= 4 is 41.8 Å². The van der Waals surface area contributed by atoms with E-state index in [1.165, 1.54) is 17.0 Å². The van der Waals surface area contributed by atoms with Gasteiger partial charge in [0.05, 0.1) is 11.8 Å². The maximum atomic E-state index is 13.2. The molecule has 4 rings (SSSR count). The summed E-state index contributed by atoms with van der Waals surface area (Å²) in [7, 11) is 1.61. The first kappa shape index (κ1) is 22.6. The van der Waals surface area contributed by atoms with Crippen molar-refractivity contribution in [1.29, 1.82) is 0 Å². The zero-order valence-corrected chi connectivity index (χ0v) is 18.9. The van der Waals surface area contributed by atoms with Crippen LogP contribution in [0.2, 0.25) is 0 Å². The fourth-order valence-corrected chi connectivity index (χ4v) is 4.77. The molecule has 1 aromatic rings. The van der Waals surface area contributed by atoms with Crippen molar-refractivity contribution in [2.75, 3.05) is 26.7 Å². The number of guanidine groups is 1. The number of amides is 2. The summed E-state index contributed by atoms with van der Waals surface area (Å²) in [6.07, 6.45) is 5.51. The Morgan fingerprint density at radius 2 is 1.60 bits per heavy atom. The summed E-state index contributed by atoms with van der Waals surface area (Å²) in [5.74, 6) is -0.759. The van der Waals surface area contributed by atoms with E-state index < -0.39 is 11.6 Å². The van der Waals surface area contributed by atoms with Gasteiger partial charge in [-0.05, 0) is 42.4 Å². The first-order chi connectivity index (χ1) is 14.0. The molecule has 0 aromatic heterocycles. The minimum absolute atomic E-state index is 0. The molecule has 1 saturated heterocycles. The SMILES string of the molecule is CN=C(NCCc1cc(F)cc(F)c1)NCCN1C(=O)C2C3C=CC(C3)C2C1=O.I. The van der Waals surface area contributed by atoms with E-state index in [-0.39, 0.29) is 59.5 Å². The number of nitrogens with one attached hydrogen (secondary N) is 2. The van der Waals surface area contributed by atoms with E-state index in [2.05, 4.69) is 27.8 Å². The van der Waals surface area contributed by atoms with Gasteiger partial charge in [-0.15, -0.1) is 24.0 Å². The number of benzene rings is 1. The van der Waals surface area contributed by atoms with Gasteiger partial charge in [0.2, 0.25) is 11.8 Å². The van der Waals surface area contributed by atoms with Gasteiger partial charge in [-0.25, -0.2) is 8.78 Å². The van der Waals surface area contributed by atoms with E-state index in [1.54, 1.807) is 7.05 Å². The Bertz CT molecular complexity index is 842. The summed E-state index contributed by atoms with van der Waals surface area (Å²) in [4.78, 5) is 30.8. The molecule has 162 valence electrons. The molecule has 2 amide bonds. The maximum Gasteiger partial charge on any atom is 0.233 e. The summed E-state index contributed by atoms with van der Waals surface area (Å²) in [5.41, 5.74) is 0.550. The van der Waals surface area contributed by atoms with Crippen LogP contribution in [0.4, 0.5) is 8.78 Å². The zero-order valence-electron chi connectivity index (χ0n) is 16.6. The molecule has 2 aliphatic carbocycles. The van der Waals surface area contributed by atoms with Gasteiger partial charge in [0.25, 0.3) is 0 Å². The van der Waals surface area contributed by atoms with Gasteiger partial charge in [0.15, 0.2) is 5.96 Å². The molecule has 1 aliphatic heterocycles. The fraction of sp³-hybridized carbons (Fsp3) is 0.476. The number of carbonyl (C=O) groups excluding carboxylic acids is 2. The Morgan fingerprint density at radius 3 is 2.17 bits per heavy atom. The second-order valence-electron chi connectivity index (χ2n) is 7.78. The molecule has 1 aromatic carbocycles. The van der Waals surface area contributed by atoms with Crippen molar-refractivity contribution in [2.45, 2.75) is 12.8 Å². The van der Waals surface area contributed by atoms with E-state index in [9.17, 15) is 18.4 Å². The third-order valence-electron chi connectivity index (χ3n) is 6.04. The number of aliphatic imine (C=N–C) groups is 1. The summed E-state index contributed by atoms with van der Waals surface area (Å²) < 4.78 is 26.5. The van der Waals surface area contributed by atoms with Crippen LogP contribution < -0.4 is 10.6 Å². The Morgan fingerprint density at radius 1 is 1.03 bits per heavy atom. The molecule has 30 heavy (non-hydrogen) atoms. The van der Waals surface area contributed by atoms with E-state index in [4.69, 9.17) is 0 Å². The summed E-state index contributed by atoms with van der Waals surface area (Å²) in [6, 6.07) is 3.43. The minimum Gasteiger partial charge on any atom is -0.356 e. The highest BCUT2D eigenvalue weighted by atomic mass is 127. The van der Waals surface area contributed by atoms with Crippen LogP contribution >= 0.6 is 24.0 Å². The highest BCUT2D eigenvalue weighted by Gasteiger charge is 2.58. The lowest BCUT2D eigenvalue weighted by molar-refractivity contribution is -0.140. The lowest BCUT2D eigenvalue weighted by Crippen LogP contribution is -2.44. The molecule has 6 nitrogen and oxygen atoms in total. The largest absolute Gasteiger partial charge is 0.356 e. The van der Waals surface area contributed by atoms with Gasteiger partial charge in [0.1, 0.15) is 11.6 Å². The molecule has 2 N–H and O–H groups in total. The van der Waals surface area contributed by atoms with Crippen LogP contribution in [0, 0.1) is 35.3 Å². The van der Waals surface area contributed by atoms with Crippen LogP contribution in [0.25, 0.3) is 0 Å². The van der Waals surface area contributed by atoms with Gasteiger partial charge in [0, 0.05) is 32.7 Å². The monoisotopic (exact) mass is 530 g/mol. The molecule has 9 heteroatoms. The topological polar surface area (TPSA) is 73.8 Å². The van der Waals surface area contributed by atoms with Gasteiger partial charge in [-0.2, -0.15) is 0 Å². The lowest BCUT2D eigenvalue weighted by Gasteiger charge is -2.18. The van der Waals surface area contributed by atoms with Crippen LogP contribution in [0.1, 0.15) is 12.0 Å². The van der Waals surface area contributed by atoms with Crippen molar-refractivity contribution in [3.8, 4) is 0 Å². The number of likely N-dealkylation sites (tertiary alicyclic amines) is 1. The fourth-order valence-electron chi connectivity index (χ4n) is 4.77. The molecule has 0 radical (unpaired) electrons. The van der Waals surface area contributed by atoms with Crippen molar-refractivity contribution in [1.82, 2.24) is 15.5 Å². The van der Waals surface area contributed by atoms with Crippen molar-refractivity contribution < 1.29 is 18.4 Å². The van der Waals surface area contributed by atoms with Crippen molar-refractivity contribution in [3.05, 3.63) is 47.5 Å². The molecule has 4 unspecified atom stereocenters. The van der Waals surface area contributed by atoms with Crippen LogP contribution in [0.5, 0.6) is 0 Å². The number of nitrogens with zero attached hydrogens (tertiary/aromatic N) is 2. The number of hydrogen-bond donors (Lipinski definition) is 2. The second-order valence-corrected chi connectivity index (χ2v) is 7.78. The third-order valence-corrected chi connectivity index (χ3v) is 6.04. The Hall–Kier alpha value is -2.04. The summed E-state index contributed by atoms with van der Waals surface area (Å²) in [5, 5.41) is 6.14. The van der Waals surface area contributed by atoms with E-state index >= 15 is 0 Å². The quantitative estimate of drug-likeness (QED) is 0.194. The van der Waals surface area contributed by atoms with Crippen LogP contribution in [0.15, 0.2) is 35.3 Å². The number of rotatable bonds is 6. The van der Waals surface area contributed by atoms with Gasteiger partial charge >= 0.3 is 0 Å². The predicted octanol–water partition coefficient (Wildman–Crippen LogP) is 2.10. The van der Waals surface area contributed by atoms with Crippen molar-refractivity contribution in [3.63, 3.8) is 0 Å². The van der Waals surface area contributed by atoms with Crippen LogP contribution in [-0.4, -0.2) is 49.4 Å². The highest BCUT2D eigenvalue weighted by molar-refractivity contribution is 14.0. The Labute approximate surface area is 191 Å². The molecular formula is C21H25F2IN4O2. The average Bonchev–Trinajstić information content (AvgIpc) is 3.35. The molecule has 2 bridgehead atoms. The number of fused-ring (bicyclic) bond motifs is 5. The normalized spacial score (nSPS) is 26.8. The van der Waals surface area contributed by atoms with Crippen LogP contribution in [0.3, 0.4) is 0 Å². The first-order valence-corrected chi connectivity index (χ1v) is 9.91. The number of carbonyl (C=O) groups is 2. The molecule has 1 heterocycles. The number of imide groups is 1. The summed E-state index contributed by atoms with van der Waals surface area (Å²) in [6.45, 7) is 1.11. The third kappa shape index (κ3) is 4.35. The van der Waals surface area contributed by atoms with E-state index in [0.717, 1.165) is 12.5 Å². The minimum atomic E-state index is -0.601. The zero-order chi connectivity index (χ0) is 20.5. The standard InChI is InChI=1S/C21H24F2N4O2.HI/c1-24-21(25-5-4-12-8-15(22)11-16(23)9-12)26-6-7-27-19(28)17-13-2-3-14(10-13)18(17)20(27)29;/h2-3,8-9,11,13-14,17-18H,4-7,10H2,1H3,(H2,24,25,26);1H. The van der Waals surface area contributed by atoms with Crippen LogP contribution in [-0.2, 0) is 16.0 Å². The smallest absolute Gasteiger partial charge is 0.233 e. The predicted molar refractivity (Wildman–Crippen MR) is 119 cm³/mol. The second kappa shape index (κ2) is 9.40. The average molecular weight is 530 g/mol. The first-order valence-electron chi connectivity index (χ1n) is 9.91. The maximum absolute atomic E-state index is 13.2.